The molecule has 0 aliphatic carbocycles. The molecule has 4 aromatic carbocycles. The first-order valence-corrected chi connectivity index (χ1v) is 26.9. The van der Waals surface area contributed by atoms with Crippen LogP contribution in [0.3, 0.4) is 0 Å². The number of phenolic OH excluding ortho intramolecular Hbond substituents is 1. The van der Waals surface area contributed by atoms with Crippen molar-refractivity contribution in [3.8, 4) is 43.9 Å². The number of aromatic hydroxyl groups is 1. The number of rotatable bonds is 18. The standard InChI is InChI=1S/C55H62BrN5O8S2/c1-34-51(70-33-57-34)36-8-5-35(6-9-36)7-20-47(64)46-27-41(63)29-61(46)54(66)53(55(2,3)4)58-49(65)32-59-23-21-39(22-24-59)60-30-44(31-60)68-26-25-67-42-15-17-43(18-16-42)69-50-45-19-14-40(62)28-48(45)71-52(50)37-10-12-38(56)13-11-37/h5-6,8-19,28,33,39,41,44,46,53,62-63H,7,20-27,29-32H2,1-4H3,(H,58,65)/t41-,46+,53?/m1/s1. The molecule has 0 spiro atoms. The molecule has 1 unspecified atom stereocenters. The molecule has 0 radical (unpaired) electrons. The van der Waals surface area contributed by atoms with Crippen LogP contribution in [-0.2, 0) is 25.5 Å². The summed E-state index contributed by atoms with van der Waals surface area (Å²) in [6.45, 7) is 12.2. The van der Waals surface area contributed by atoms with Crippen LogP contribution in [0.1, 0.15) is 57.7 Å². The molecule has 9 rings (SSSR count). The highest BCUT2D eigenvalue weighted by molar-refractivity contribution is 9.10. The van der Waals surface area contributed by atoms with Crippen LogP contribution in [0.4, 0.5) is 0 Å². The molecule has 3 saturated heterocycles. The average Bonchev–Trinajstić information content (AvgIpc) is 4.06. The van der Waals surface area contributed by atoms with Gasteiger partial charge in [-0.1, -0.05) is 73.1 Å². The number of carbonyl (C=O) groups is 3. The molecule has 16 heteroatoms. The predicted octanol–water partition coefficient (Wildman–Crippen LogP) is 9.50. The summed E-state index contributed by atoms with van der Waals surface area (Å²) in [5.74, 6) is 1.73. The number of hydrogen-bond donors (Lipinski definition) is 3. The molecule has 374 valence electrons. The Morgan fingerprint density at radius 1 is 0.887 bits per heavy atom. The van der Waals surface area contributed by atoms with Crippen LogP contribution in [-0.4, -0.2) is 130 Å². The van der Waals surface area contributed by atoms with Crippen LogP contribution in [0.5, 0.6) is 23.0 Å². The minimum Gasteiger partial charge on any atom is -0.508 e. The third-order valence-corrected chi connectivity index (χ3v) is 16.5. The fourth-order valence-corrected chi connectivity index (χ4v) is 12.0. The van der Waals surface area contributed by atoms with E-state index < -0.39 is 23.6 Å². The van der Waals surface area contributed by atoms with E-state index in [9.17, 15) is 24.6 Å². The van der Waals surface area contributed by atoms with Gasteiger partial charge in [-0.25, -0.2) is 4.98 Å². The summed E-state index contributed by atoms with van der Waals surface area (Å²) in [5, 5.41) is 24.8. The Bertz CT molecular complexity index is 2800. The van der Waals surface area contributed by atoms with Crippen molar-refractivity contribution in [2.75, 3.05) is 52.5 Å². The number of ketones is 1. The number of piperidine rings is 1. The molecule has 2 aromatic heterocycles. The Morgan fingerprint density at radius 2 is 1.58 bits per heavy atom. The summed E-state index contributed by atoms with van der Waals surface area (Å²) >= 11 is 6.70. The number of aryl methyl sites for hydroxylation is 2. The topological polar surface area (TPSA) is 154 Å². The lowest BCUT2D eigenvalue weighted by Crippen LogP contribution is -2.60. The minimum absolute atomic E-state index is 0.0645. The van der Waals surface area contributed by atoms with E-state index in [1.165, 1.54) is 4.90 Å². The van der Waals surface area contributed by atoms with Gasteiger partial charge < -0.3 is 34.6 Å². The van der Waals surface area contributed by atoms with E-state index in [1.807, 2.05) is 99.9 Å². The minimum atomic E-state index is -0.854. The first kappa shape index (κ1) is 50.7. The number of aliphatic hydroxyl groups excluding tert-OH is 1. The number of fused-ring (bicyclic) bond motifs is 1. The van der Waals surface area contributed by atoms with Crippen LogP contribution >= 0.6 is 38.6 Å². The molecule has 3 aliphatic heterocycles. The summed E-state index contributed by atoms with van der Waals surface area (Å²) in [7, 11) is 0. The first-order chi connectivity index (χ1) is 34.1. The number of nitrogens with one attached hydrogen (secondary N) is 1. The maximum Gasteiger partial charge on any atom is 0.246 e. The van der Waals surface area contributed by atoms with Gasteiger partial charge >= 0.3 is 0 Å². The number of amides is 2. The molecular weight excluding hydrogens is 1000 g/mol. The fraction of sp³-hybridized carbons (Fsp3) is 0.418. The molecule has 13 nitrogen and oxygen atoms in total. The highest BCUT2D eigenvalue weighted by Crippen LogP contribution is 2.47. The Labute approximate surface area is 431 Å². The van der Waals surface area contributed by atoms with Gasteiger partial charge in [0.15, 0.2) is 11.5 Å². The van der Waals surface area contributed by atoms with Crippen LogP contribution in [0.15, 0.2) is 101 Å². The molecule has 3 aliphatic rings. The first-order valence-electron chi connectivity index (χ1n) is 24.5. The van der Waals surface area contributed by atoms with Crippen molar-refractivity contribution < 1.29 is 38.8 Å². The highest BCUT2D eigenvalue weighted by atomic mass is 79.9. The number of likely N-dealkylation sites (tertiary alicyclic amines) is 3. The van der Waals surface area contributed by atoms with E-state index in [2.05, 4.69) is 48.2 Å². The number of nitrogens with zero attached hydrogens (tertiary/aromatic N) is 4. The second kappa shape index (κ2) is 22.3. The molecule has 3 fully saturated rings. The molecular formula is C55H62BrN5O8S2. The smallest absolute Gasteiger partial charge is 0.246 e. The Balaban J connectivity index is 0.680. The number of thiophene rings is 1. The van der Waals surface area contributed by atoms with Gasteiger partial charge in [-0.3, -0.25) is 24.2 Å². The lowest BCUT2D eigenvalue weighted by atomic mass is 9.85. The van der Waals surface area contributed by atoms with Crippen molar-refractivity contribution in [2.24, 2.45) is 5.41 Å². The molecule has 0 bridgehead atoms. The number of carbonyl (C=O) groups excluding carboxylic acids is 3. The van der Waals surface area contributed by atoms with E-state index in [0.717, 1.165) is 97.2 Å². The van der Waals surface area contributed by atoms with E-state index >= 15 is 0 Å². The SMILES string of the molecule is Cc1ncsc1-c1ccc(CCC(=O)[C@@H]2C[C@@H](O)CN2C(=O)C(NC(=O)CN2CCC(N3CC(OCCOc4ccc(Oc5c(-c6ccc(Br)cc6)sc6cc(O)ccc56)cc4)C3)CC2)C(C)(C)C)cc1. The van der Waals surface area contributed by atoms with Crippen LogP contribution in [0.25, 0.3) is 31.0 Å². The maximum absolute atomic E-state index is 14.2. The average molecular weight is 1070 g/mol. The van der Waals surface area contributed by atoms with Gasteiger partial charge in [0.05, 0.1) is 52.4 Å². The van der Waals surface area contributed by atoms with Crippen molar-refractivity contribution in [1.82, 2.24) is 25.0 Å². The highest BCUT2D eigenvalue weighted by Gasteiger charge is 2.44. The van der Waals surface area contributed by atoms with Crippen molar-refractivity contribution >= 4 is 66.3 Å². The van der Waals surface area contributed by atoms with E-state index in [0.29, 0.717) is 31.4 Å². The zero-order chi connectivity index (χ0) is 49.8. The largest absolute Gasteiger partial charge is 0.508 e. The fourth-order valence-electron chi connectivity index (χ4n) is 9.79. The van der Waals surface area contributed by atoms with Gasteiger partial charge in [-0.05, 0) is 103 Å². The Morgan fingerprint density at radius 3 is 2.27 bits per heavy atom. The van der Waals surface area contributed by atoms with Crippen LogP contribution < -0.4 is 14.8 Å². The normalized spacial score (nSPS) is 18.6. The van der Waals surface area contributed by atoms with E-state index in [4.69, 9.17) is 14.2 Å². The third-order valence-electron chi connectivity index (χ3n) is 13.8. The number of thiazole rings is 1. The number of phenols is 1. The number of β-amino-alcohol motifs (C(OH)–C–C–N with tert-alkyl or cyclic N) is 1. The number of aliphatic hydroxyl groups is 1. The second-order valence-corrected chi connectivity index (χ2v) is 22.8. The van der Waals surface area contributed by atoms with Crippen LogP contribution in [0.2, 0.25) is 0 Å². The number of hydrogen-bond acceptors (Lipinski definition) is 13. The molecule has 71 heavy (non-hydrogen) atoms. The Kier molecular flexibility index (Phi) is 15.9. The summed E-state index contributed by atoms with van der Waals surface area (Å²) in [5.41, 5.74) is 5.35. The summed E-state index contributed by atoms with van der Waals surface area (Å²) < 4.78 is 20.6. The lowest BCUT2D eigenvalue weighted by molar-refractivity contribution is -0.143. The zero-order valence-corrected chi connectivity index (χ0v) is 43.9. The molecule has 2 amide bonds. The molecule has 6 aromatic rings. The molecule has 0 saturated carbocycles. The van der Waals surface area contributed by atoms with Gasteiger partial charge in [-0.2, -0.15) is 0 Å². The van der Waals surface area contributed by atoms with Crippen molar-refractivity contribution in [1.29, 1.82) is 0 Å². The lowest BCUT2D eigenvalue weighted by Gasteiger charge is -2.46. The number of ether oxygens (including phenoxy) is 3. The molecule has 5 heterocycles. The number of halogens is 1. The van der Waals surface area contributed by atoms with Crippen molar-refractivity contribution in [2.45, 2.75) is 90.1 Å². The van der Waals surface area contributed by atoms with Gasteiger partial charge in [0.1, 0.15) is 29.9 Å². The van der Waals surface area contributed by atoms with Crippen LogP contribution in [0, 0.1) is 12.3 Å². The third kappa shape index (κ3) is 12.4. The number of Topliss-reactive ketones (excluding diaryl/α,β-unsaturated/α-hetero) is 1. The second-order valence-electron chi connectivity index (χ2n) is 20.0. The van der Waals surface area contributed by atoms with Gasteiger partial charge in [0.25, 0.3) is 0 Å². The number of aromatic nitrogens is 1. The Hall–Kier alpha value is -5.20. The van der Waals surface area contributed by atoms with E-state index in [1.54, 1.807) is 34.8 Å². The van der Waals surface area contributed by atoms with Gasteiger partial charge in [0, 0.05) is 66.2 Å². The quantitative estimate of drug-likeness (QED) is 0.0706. The van der Waals surface area contributed by atoms with Gasteiger partial charge in [-0.15, -0.1) is 22.7 Å². The summed E-state index contributed by atoms with van der Waals surface area (Å²) in [6.07, 6.45) is 2.19. The van der Waals surface area contributed by atoms with Crippen molar-refractivity contribution in [3.63, 3.8) is 0 Å². The summed E-state index contributed by atoms with van der Waals surface area (Å²) in [4.78, 5) is 54.0. The zero-order valence-electron chi connectivity index (χ0n) is 40.6. The maximum atomic E-state index is 14.2. The predicted molar refractivity (Wildman–Crippen MR) is 283 cm³/mol. The van der Waals surface area contributed by atoms with Crippen molar-refractivity contribution in [3.05, 3.63) is 112 Å². The molecule has 3 N–H and O–H groups in total. The van der Waals surface area contributed by atoms with Gasteiger partial charge in [0.2, 0.25) is 11.8 Å². The monoisotopic (exact) mass is 1060 g/mol. The summed E-state index contributed by atoms with van der Waals surface area (Å²) in [6, 6.07) is 28.0. The van der Waals surface area contributed by atoms with E-state index in [-0.39, 0.29) is 55.4 Å². The molecule has 3 atom stereocenters. The number of benzene rings is 4.